The summed E-state index contributed by atoms with van der Waals surface area (Å²) < 4.78 is 73.2. The summed E-state index contributed by atoms with van der Waals surface area (Å²) in [5.41, 5.74) is -0.765. The summed E-state index contributed by atoms with van der Waals surface area (Å²) in [5.74, 6) is -4.50. The summed E-state index contributed by atoms with van der Waals surface area (Å²) in [6.45, 7) is 5.25. The van der Waals surface area contributed by atoms with Gasteiger partial charge in [0.05, 0.1) is 23.2 Å². The average Bonchev–Trinajstić information content (AvgIpc) is 2.83. The maximum Gasteiger partial charge on any atom is 0.455 e. The van der Waals surface area contributed by atoms with Crippen LogP contribution >= 0.6 is 11.8 Å². The second kappa shape index (κ2) is 11.0. The van der Waals surface area contributed by atoms with E-state index >= 15 is 0 Å². The molecule has 14 heteroatoms. The van der Waals surface area contributed by atoms with E-state index in [1.165, 1.54) is 53.9 Å². The fourth-order valence-electron chi connectivity index (χ4n) is 3.57. The Hall–Kier alpha value is -3.42. The molecule has 0 aliphatic heterocycles. The SMILES string of the molecule is CCSc1cc(N(C)C(=O)OC(C)(C)C)c[n+](OC)c1-c1cc2ccc(=O)n(CC(F)(F)C(F)(F)F)c2cn1. The van der Waals surface area contributed by atoms with Crippen molar-refractivity contribution in [2.24, 2.45) is 0 Å². The Labute approximate surface area is 225 Å². The maximum absolute atomic E-state index is 13.8. The lowest BCUT2D eigenvalue weighted by molar-refractivity contribution is -0.877. The number of anilines is 1. The van der Waals surface area contributed by atoms with E-state index in [0.29, 0.717) is 32.3 Å². The van der Waals surface area contributed by atoms with Crippen LogP contribution in [0.2, 0.25) is 0 Å². The van der Waals surface area contributed by atoms with E-state index in [4.69, 9.17) is 9.57 Å². The van der Waals surface area contributed by atoms with Gasteiger partial charge in [-0.3, -0.25) is 14.5 Å². The highest BCUT2D eigenvalue weighted by Crippen LogP contribution is 2.37. The minimum Gasteiger partial charge on any atom is -0.443 e. The zero-order chi connectivity index (χ0) is 29.3. The number of hydrogen-bond acceptors (Lipinski definition) is 6. The fourth-order valence-corrected chi connectivity index (χ4v) is 4.42. The molecule has 3 rings (SSSR count). The molecule has 0 spiro atoms. The van der Waals surface area contributed by atoms with Gasteiger partial charge in [0, 0.05) is 23.2 Å². The highest BCUT2D eigenvalue weighted by molar-refractivity contribution is 7.99. The molecule has 0 atom stereocenters. The summed E-state index contributed by atoms with van der Waals surface area (Å²) in [6, 6.07) is 5.42. The lowest BCUT2D eigenvalue weighted by atomic mass is 10.1. The molecule has 39 heavy (non-hydrogen) atoms. The topological polar surface area (TPSA) is 77.5 Å². The largest absolute Gasteiger partial charge is 0.455 e. The molecule has 1 amide bonds. The summed E-state index contributed by atoms with van der Waals surface area (Å²) in [7, 11) is 2.92. The molecule has 0 saturated carbocycles. The highest BCUT2D eigenvalue weighted by Gasteiger charge is 2.57. The molecule has 8 nitrogen and oxygen atoms in total. The van der Waals surface area contributed by atoms with Gasteiger partial charge in [0.25, 0.3) is 11.3 Å². The quantitative estimate of drug-likeness (QED) is 0.222. The van der Waals surface area contributed by atoms with Gasteiger partial charge in [-0.1, -0.05) is 6.92 Å². The summed E-state index contributed by atoms with van der Waals surface area (Å²) in [4.78, 5) is 36.6. The van der Waals surface area contributed by atoms with Crippen LogP contribution in [0.15, 0.2) is 46.3 Å². The number of amides is 1. The first-order chi connectivity index (χ1) is 18.0. The Bertz CT molecular complexity index is 1440. The number of pyridine rings is 3. The zero-order valence-electron chi connectivity index (χ0n) is 22.1. The number of nitrogens with zero attached hydrogens (tertiary/aromatic N) is 4. The smallest absolute Gasteiger partial charge is 0.443 e. The first-order valence-electron chi connectivity index (χ1n) is 11.7. The van der Waals surface area contributed by atoms with Gasteiger partial charge in [0.15, 0.2) is 0 Å². The van der Waals surface area contributed by atoms with Crippen molar-refractivity contribution in [3.63, 3.8) is 0 Å². The Morgan fingerprint density at radius 3 is 2.38 bits per heavy atom. The van der Waals surface area contributed by atoms with E-state index in [0.717, 1.165) is 12.3 Å². The molecule has 3 aromatic rings. The molecule has 0 fully saturated rings. The zero-order valence-corrected chi connectivity index (χ0v) is 22.9. The van der Waals surface area contributed by atoms with E-state index in [2.05, 4.69) is 4.98 Å². The number of aromatic nitrogens is 3. The Morgan fingerprint density at radius 2 is 1.82 bits per heavy atom. The molecule has 0 radical (unpaired) electrons. The van der Waals surface area contributed by atoms with Gasteiger partial charge in [-0.2, -0.15) is 22.0 Å². The van der Waals surface area contributed by atoms with Crippen LogP contribution in [0.25, 0.3) is 22.3 Å². The van der Waals surface area contributed by atoms with Gasteiger partial charge in [-0.15, -0.1) is 11.8 Å². The highest BCUT2D eigenvalue weighted by atomic mass is 32.2. The van der Waals surface area contributed by atoms with Crippen molar-refractivity contribution in [1.29, 1.82) is 0 Å². The van der Waals surface area contributed by atoms with Gasteiger partial charge in [-0.05, 0) is 44.7 Å². The van der Waals surface area contributed by atoms with Gasteiger partial charge in [-0.25, -0.2) is 9.78 Å². The molecule has 0 unspecified atom stereocenters. The van der Waals surface area contributed by atoms with Crippen molar-refractivity contribution in [1.82, 2.24) is 9.55 Å². The minimum atomic E-state index is -5.83. The number of thioether (sulfide) groups is 1. The lowest BCUT2D eigenvalue weighted by Gasteiger charge is -2.24. The normalized spacial score (nSPS) is 12.5. The van der Waals surface area contributed by atoms with Crippen LogP contribution in [0.4, 0.5) is 32.4 Å². The van der Waals surface area contributed by atoms with Crippen LogP contribution in [-0.4, -0.2) is 53.3 Å². The van der Waals surface area contributed by atoms with Crippen LogP contribution in [0.1, 0.15) is 27.7 Å². The van der Waals surface area contributed by atoms with Crippen LogP contribution in [-0.2, 0) is 11.3 Å². The van der Waals surface area contributed by atoms with Crippen molar-refractivity contribution in [3.05, 3.63) is 47.0 Å². The third-order valence-electron chi connectivity index (χ3n) is 5.42. The van der Waals surface area contributed by atoms with Crippen LogP contribution < -0.4 is 20.0 Å². The van der Waals surface area contributed by atoms with Crippen LogP contribution in [0.5, 0.6) is 0 Å². The molecule has 212 valence electrons. The second-order valence-electron chi connectivity index (χ2n) is 9.48. The van der Waals surface area contributed by atoms with Gasteiger partial charge < -0.3 is 9.30 Å². The average molecular weight is 576 g/mol. The van der Waals surface area contributed by atoms with Gasteiger partial charge in [0.2, 0.25) is 6.20 Å². The Balaban J connectivity index is 2.15. The van der Waals surface area contributed by atoms with E-state index in [-0.39, 0.29) is 10.9 Å². The third kappa shape index (κ3) is 6.60. The maximum atomic E-state index is 13.8. The minimum absolute atomic E-state index is 0.190. The predicted molar refractivity (Wildman–Crippen MR) is 136 cm³/mol. The number of ether oxygens (including phenoxy) is 1. The van der Waals surface area contributed by atoms with E-state index in [9.17, 15) is 31.5 Å². The number of hydrogen-bond donors (Lipinski definition) is 0. The molecule has 0 bridgehead atoms. The molecule has 0 aliphatic carbocycles. The lowest BCUT2D eigenvalue weighted by Crippen LogP contribution is -2.44. The molecule has 3 heterocycles. The van der Waals surface area contributed by atoms with Gasteiger partial charge >= 0.3 is 18.2 Å². The second-order valence-corrected chi connectivity index (χ2v) is 10.8. The summed E-state index contributed by atoms with van der Waals surface area (Å²) in [5, 5.41) is 0.211. The standard InChI is InChI=1S/C25H28F5N4O4S/c1-7-39-19-11-16(32(5)22(36)38-23(2,3)4)13-34(37-6)21(19)17-10-15-8-9-20(35)33(18(15)12-31-17)14-24(26,27)25(28,29)30/h8-13H,7,14H2,1-6H3/q+1. The van der Waals surface area contributed by atoms with Gasteiger partial charge in [0.1, 0.15) is 24.1 Å². The number of fused-ring (bicyclic) bond motifs is 1. The first kappa shape index (κ1) is 30.1. The molecule has 0 aliphatic rings. The van der Waals surface area contributed by atoms with Crippen LogP contribution in [0.3, 0.4) is 0 Å². The van der Waals surface area contributed by atoms with E-state index in [1.54, 1.807) is 26.8 Å². The molecule has 0 aromatic carbocycles. The van der Waals surface area contributed by atoms with Crippen LogP contribution in [0, 0.1) is 0 Å². The van der Waals surface area contributed by atoms with E-state index < -0.39 is 35.9 Å². The van der Waals surface area contributed by atoms with Crippen molar-refractivity contribution >= 4 is 34.4 Å². The Morgan fingerprint density at radius 1 is 1.15 bits per heavy atom. The first-order valence-corrected chi connectivity index (χ1v) is 12.7. The third-order valence-corrected chi connectivity index (χ3v) is 6.33. The van der Waals surface area contributed by atoms with Crippen molar-refractivity contribution in [3.8, 4) is 11.4 Å². The fraction of sp³-hybridized carbons (Fsp3) is 0.440. The van der Waals surface area contributed by atoms with Crippen molar-refractivity contribution in [2.75, 3.05) is 24.8 Å². The van der Waals surface area contributed by atoms with E-state index in [1.807, 2.05) is 6.92 Å². The summed E-state index contributed by atoms with van der Waals surface area (Å²) >= 11 is 1.41. The number of alkyl halides is 5. The molecule has 3 aromatic heterocycles. The monoisotopic (exact) mass is 575 g/mol. The Kier molecular flexibility index (Phi) is 8.49. The number of halogens is 5. The molecular formula is C25H28F5N4O4S+. The van der Waals surface area contributed by atoms with Crippen molar-refractivity contribution in [2.45, 2.75) is 56.8 Å². The van der Waals surface area contributed by atoms with Crippen molar-refractivity contribution < 1.29 is 41.1 Å². The summed E-state index contributed by atoms with van der Waals surface area (Å²) in [6.07, 6.45) is -3.83. The molecular weight excluding hydrogens is 547 g/mol. The number of rotatable bonds is 7. The number of carbonyl (C=O) groups is 1. The number of carbonyl (C=O) groups excluding carboxylic acids is 1. The predicted octanol–water partition coefficient (Wildman–Crippen LogP) is 5.09. The molecule has 0 N–H and O–H groups in total. The molecule has 0 saturated heterocycles.